The predicted octanol–water partition coefficient (Wildman–Crippen LogP) is 4.11. The first-order valence-corrected chi connectivity index (χ1v) is 8.74. The van der Waals surface area contributed by atoms with E-state index in [9.17, 15) is 9.59 Å². The second-order valence-corrected chi connectivity index (χ2v) is 7.52. The molecule has 1 N–H and O–H groups in total. The minimum atomic E-state index is -0.253. The number of carbonyl (C=O) groups is 2. The van der Waals surface area contributed by atoms with Crippen molar-refractivity contribution in [2.75, 3.05) is 11.4 Å². The van der Waals surface area contributed by atoms with Crippen LogP contribution >= 0.6 is 34.5 Å². The van der Waals surface area contributed by atoms with Crippen LogP contribution in [0.3, 0.4) is 0 Å². The first kappa shape index (κ1) is 16.3. The molecule has 0 saturated carbocycles. The molecule has 0 radical (unpaired) electrons. The van der Waals surface area contributed by atoms with Crippen LogP contribution in [0.5, 0.6) is 0 Å². The lowest BCUT2D eigenvalue weighted by Crippen LogP contribution is -2.24. The number of rotatable bonds is 4. The highest BCUT2D eigenvalue weighted by molar-refractivity contribution is 7.20. The van der Waals surface area contributed by atoms with Crippen LogP contribution in [0.4, 0.5) is 5.69 Å². The van der Waals surface area contributed by atoms with Gasteiger partial charge in [-0.25, -0.2) is 0 Å². The molecule has 4 nitrogen and oxygen atoms in total. The summed E-state index contributed by atoms with van der Waals surface area (Å²) < 4.78 is 0.871. The molecule has 1 fully saturated rings. The number of benzene rings is 1. The standard InChI is InChI=1S/C16H14Cl2N2O2S/c17-13-8-12(15(18)23-13)16(22)19-9-10-3-5-11(6-4-10)20-7-1-2-14(20)21/h3-6,8H,1-2,7,9H2,(H,19,22). The summed E-state index contributed by atoms with van der Waals surface area (Å²) >= 11 is 13.0. The van der Waals surface area contributed by atoms with Crippen molar-refractivity contribution in [3.8, 4) is 0 Å². The fourth-order valence-electron chi connectivity index (χ4n) is 2.49. The van der Waals surface area contributed by atoms with Gasteiger partial charge in [0.2, 0.25) is 5.91 Å². The smallest absolute Gasteiger partial charge is 0.253 e. The zero-order chi connectivity index (χ0) is 16.4. The molecule has 2 heterocycles. The lowest BCUT2D eigenvalue weighted by molar-refractivity contribution is -0.117. The van der Waals surface area contributed by atoms with Crippen LogP contribution in [-0.2, 0) is 11.3 Å². The molecule has 0 unspecified atom stereocenters. The van der Waals surface area contributed by atoms with Gasteiger partial charge < -0.3 is 10.2 Å². The van der Waals surface area contributed by atoms with Gasteiger partial charge in [-0.2, -0.15) is 0 Å². The maximum atomic E-state index is 12.1. The monoisotopic (exact) mass is 368 g/mol. The highest BCUT2D eigenvalue weighted by Gasteiger charge is 2.21. The minimum Gasteiger partial charge on any atom is -0.348 e. The van der Waals surface area contributed by atoms with E-state index in [1.165, 1.54) is 11.3 Å². The lowest BCUT2D eigenvalue weighted by Gasteiger charge is -2.16. The fraction of sp³-hybridized carbons (Fsp3) is 0.250. The highest BCUT2D eigenvalue weighted by Crippen LogP contribution is 2.31. The molecule has 3 rings (SSSR count). The Morgan fingerprint density at radius 2 is 2.00 bits per heavy atom. The van der Waals surface area contributed by atoms with Gasteiger partial charge in [0.1, 0.15) is 4.34 Å². The first-order chi connectivity index (χ1) is 11.0. The predicted molar refractivity (Wildman–Crippen MR) is 93.5 cm³/mol. The van der Waals surface area contributed by atoms with Crippen LogP contribution in [0.1, 0.15) is 28.8 Å². The van der Waals surface area contributed by atoms with E-state index in [2.05, 4.69) is 5.32 Å². The van der Waals surface area contributed by atoms with Gasteiger partial charge in [-0.1, -0.05) is 35.3 Å². The van der Waals surface area contributed by atoms with Crippen molar-refractivity contribution in [2.45, 2.75) is 19.4 Å². The Hall–Kier alpha value is -1.56. The van der Waals surface area contributed by atoms with Gasteiger partial charge in [-0.05, 0) is 30.2 Å². The van der Waals surface area contributed by atoms with Gasteiger partial charge in [0.15, 0.2) is 0 Å². The number of thiophene rings is 1. The third-order valence-electron chi connectivity index (χ3n) is 3.68. The SMILES string of the molecule is O=C(NCc1ccc(N2CCCC2=O)cc1)c1cc(Cl)sc1Cl. The molecule has 1 aliphatic heterocycles. The van der Waals surface area contributed by atoms with Crippen molar-refractivity contribution in [3.63, 3.8) is 0 Å². The summed E-state index contributed by atoms with van der Waals surface area (Å²) in [5.41, 5.74) is 2.24. The fourth-order valence-corrected chi connectivity index (χ4v) is 3.95. The van der Waals surface area contributed by atoms with Crippen molar-refractivity contribution >= 4 is 52.0 Å². The summed E-state index contributed by atoms with van der Waals surface area (Å²) in [6.07, 6.45) is 1.52. The van der Waals surface area contributed by atoms with Gasteiger partial charge in [0.05, 0.1) is 9.90 Å². The van der Waals surface area contributed by atoms with Crippen molar-refractivity contribution in [3.05, 3.63) is 50.1 Å². The number of nitrogens with one attached hydrogen (secondary N) is 1. The Bertz CT molecular complexity index is 743. The Morgan fingerprint density at radius 3 is 2.57 bits per heavy atom. The van der Waals surface area contributed by atoms with Gasteiger partial charge in [-0.15, -0.1) is 11.3 Å². The third kappa shape index (κ3) is 3.68. The Balaban J connectivity index is 1.61. The maximum Gasteiger partial charge on any atom is 0.253 e. The molecule has 0 atom stereocenters. The average molecular weight is 369 g/mol. The van der Waals surface area contributed by atoms with Gasteiger partial charge in [0, 0.05) is 25.2 Å². The maximum absolute atomic E-state index is 12.1. The molecule has 23 heavy (non-hydrogen) atoms. The molecule has 1 aromatic carbocycles. The Kier molecular flexibility index (Phi) is 4.90. The summed E-state index contributed by atoms with van der Waals surface area (Å²) in [6, 6.07) is 9.18. The molecule has 1 saturated heterocycles. The summed E-state index contributed by atoms with van der Waals surface area (Å²) in [6.45, 7) is 1.16. The molecule has 2 amide bonds. The van der Waals surface area contributed by atoms with Gasteiger partial charge >= 0.3 is 0 Å². The number of anilines is 1. The van der Waals surface area contributed by atoms with Crippen LogP contribution in [-0.4, -0.2) is 18.4 Å². The molecule has 0 bridgehead atoms. The number of halogens is 2. The van der Waals surface area contributed by atoms with E-state index in [4.69, 9.17) is 23.2 Å². The minimum absolute atomic E-state index is 0.162. The molecule has 1 aromatic heterocycles. The van der Waals surface area contributed by atoms with Gasteiger partial charge in [0.25, 0.3) is 5.91 Å². The van der Waals surface area contributed by atoms with Crippen molar-refractivity contribution in [1.29, 1.82) is 0 Å². The van der Waals surface area contributed by atoms with Gasteiger partial charge in [-0.3, -0.25) is 9.59 Å². The second-order valence-electron chi connectivity index (χ2n) is 5.24. The number of carbonyl (C=O) groups excluding carboxylic acids is 2. The number of hydrogen-bond donors (Lipinski definition) is 1. The average Bonchev–Trinajstić information content (AvgIpc) is 3.10. The molecule has 0 aliphatic carbocycles. The zero-order valence-corrected chi connectivity index (χ0v) is 14.5. The van der Waals surface area contributed by atoms with E-state index < -0.39 is 0 Å². The van der Waals surface area contributed by atoms with Crippen LogP contribution in [0, 0.1) is 0 Å². The topological polar surface area (TPSA) is 49.4 Å². The quantitative estimate of drug-likeness (QED) is 0.882. The van der Waals surface area contributed by atoms with E-state index in [0.717, 1.165) is 24.2 Å². The van der Waals surface area contributed by atoms with Crippen LogP contribution in [0.25, 0.3) is 0 Å². The van der Waals surface area contributed by atoms with E-state index in [1.54, 1.807) is 11.0 Å². The first-order valence-electron chi connectivity index (χ1n) is 7.17. The molecule has 2 aromatic rings. The van der Waals surface area contributed by atoms with Crippen LogP contribution in [0.15, 0.2) is 30.3 Å². The Labute approximate surface area is 148 Å². The largest absolute Gasteiger partial charge is 0.348 e. The van der Waals surface area contributed by atoms with E-state index >= 15 is 0 Å². The van der Waals surface area contributed by atoms with Crippen molar-refractivity contribution < 1.29 is 9.59 Å². The molecule has 120 valence electrons. The van der Waals surface area contributed by atoms with Crippen LogP contribution in [0.2, 0.25) is 8.67 Å². The van der Waals surface area contributed by atoms with Crippen LogP contribution < -0.4 is 10.2 Å². The summed E-state index contributed by atoms with van der Waals surface area (Å²) in [4.78, 5) is 25.6. The summed E-state index contributed by atoms with van der Waals surface area (Å²) in [5.74, 6) is -0.0908. The molecule has 0 spiro atoms. The molecular formula is C16H14Cl2N2O2S. The summed E-state index contributed by atoms with van der Waals surface area (Å²) in [5, 5.41) is 2.81. The second kappa shape index (κ2) is 6.91. The normalized spacial score (nSPS) is 14.3. The molecule has 1 aliphatic rings. The number of hydrogen-bond acceptors (Lipinski definition) is 3. The molecular weight excluding hydrogens is 355 g/mol. The highest BCUT2D eigenvalue weighted by atomic mass is 35.5. The molecule has 7 heteroatoms. The zero-order valence-electron chi connectivity index (χ0n) is 12.1. The van der Waals surface area contributed by atoms with E-state index in [0.29, 0.717) is 27.2 Å². The lowest BCUT2D eigenvalue weighted by atomic mass is 10.2. The van der Waals surface area contributed by atoms with Crippen molar-refractivity contribution in [2.24, 2.45) is 0 Å². The number of amides is 2. The van der Waals surface area contributed by atoms with E-state index in [1.807, 2.05) is 24.3 Å². The third-order valence-corrected chi connectivity index (χ3v) is 5.16. The number of nitrogens with zero attached hydrogens (tertiary/aromatic N) is 1. The summed E-state index contributed by atoms with van der Waals surface area (Å²) in [7, 11) is 0. The Morgan fingerprint density at radius 1 is 1.26 bits per heavy atom. The van der Waals surface area contributed by atoms with Crippen molar-refractivity contribution in [1.82, 2.24) is 5.32 Å². The van der Waals surface area contributed by atoms with E-state index in [-0.39, 0.29) is 11.8 Å².